The fourth-order valence-electron chi connectivity index (χ4n) is 2.71. The van der Waals surface area contributed by atoms with Crippen molar-refractivity contribution in [3.63, 3.8) is 0 Å². The Bertz CT molecular complexity index is 944. The highest BCUT2D eigenvalue weighted by molar-refractivity contribution is 6.01. The summed E-state index contributed by atoms with van der Waals surface area (Å²) in [5.41, 5.74) is -0.109. The van der Waals surface area contributed by atoms with Gasteiger partial charge >= 0.3 is 5.97 Å². The van der Waals surface area contributed by atoms with Gasteiger partial charge in [0.25, 0.3) is 17.5 Å². The third-order valence-corrected chi connectivity index (χ3v) is 4.34. The van der Waals surface area contributed by atoms with Gasteiger partial charge in [0.1, 0.15) is 0 Å². The Balaban J connectivity index is 1.74. The molecule has 13 heteroatoms. The van der Waals surface area contributed by atoms with E-state index in [9.17, 15) is 29.3 Å². The number of ether oxygens (including phenoxy) is 3. The summed E-state index contributed by atoms with van der Waals surface area (Å²) >= 11 is 0. The predicted octanol–water partition coefficient (Wildman–Crippen LogP) is 0.755. The largest absolute Gasteiger partial charge is 0.493 e. The molecule has 0 unspecified atom stereocenters. The van der Waals surface area contributed by atoms with E-state index in [2.05, 4.69) is 10.2 Å². The number of carbonyl (C=O) groups is 4. The first-order valence-corrected chi connectivity index (χ1v) is 9.77. The molecule has 0 radical (unpaired) electrons. The number of nitrogens with zero attached hydrogens (tertiary/aromatic N) is 2. The highest BCUT2D eigenvalue weighted by Gasteiger charge is 2.32. The Morgan fingerprint density at radius 2 is 1.76 bits per heavy atom. The Hall–Kier alpha value is -4.00. The zero-order chi connectivity index (χ0) is 24.4. The average molecular weight is 465 g/mol. The van der Waals surface area contributed by atoms with Crippen LogP contribution in [0.4, 0.5) is 5.69 Å². The number of hydrogen-bond donors (Lipinski definition) is 1. The molecule has 0 saturated carbocycles. The second kappa shape index (κ2) is 12.1. The lowest BCUT2D eigenvalue weighted by molar-refractivity contribution is -0.385. The number of benzene rings is 1. The van der Waals surface area contributed by atoms with E-state index in [1.165, 1.54) is 32.4 Å². The topological polar surface area (TPSA) is 164 Å². The summed E-state index contributed by atoms with van der Waals surface area (Å²) in [7, 11) is 2.74. The quantitative estimate of drug-likeness (QED) is 0.153. The molecule has 1 aromatic carbocycles. The summed E-state index contributed by atoms with van der Waals surface area (Å²) in [6, 6.07) is 2.58. The molecule has 1 saturated heterocycles. The molecule has 2 rings (SSSR count). The molecule has 33 heavy (non-hydrogen) atoms. The molecule has 1 heterocycles. The van der Waals surface area contributed by atoms with Gasteiger partial charge in [0.05, 0.1) is 50.4 Å². The van der Waals surface area contributed by atoms with Crippen molar-refractivity contribution in [3.8, 4) is 11.5 Å². The number of methoxy groups -OCH3 is 2. The highest BCUT2D eigenvalue weighted by Crippen LogP contribution is 2.35. The van der Waals surface area contributed by atoms with Crippen molar-refractivity contribution in [3.05, 3.63) is 33.9 Å². The number of hydroxylamine groups is 2. The van der Waals surface area contributed by atoms with Gasteiger partial charge in [-0.25, -0.2) is 4.79 Å². The van der Waals surface area contributed by atoms with Gasteiger partial charge in [-0.2, -0.15) is 0 Å². The Morgan fingerprint density at radius 3 is 2.36 bits per heavy atom. The van der Waals surface area contributed by atoms with E-state index in [-0.39, 0.29) is 61.8 Å². The first-order valence-electron chi connectivity index (χ1n) is 9.77. The van der Waals surface area contributed by atoms with Gasteiger partial charge in [-0.3, -0.25) is 24.5 Å². The molecular formula is C20H23N3O10. The molecule has 1 aliphatic heterocycles. The van der Waals surface area contributed by atoms with Gasteiger partial charge in [0.2, 0.25) is 5.91 Å². The van der Waals surface area contributed by atoms with E-state index in [4.69, 9.17) is 14.2 Å². The van der Waals surface area contributed by atoms with E-state index >= 15 is 0 Å². The summed E-state index contributed by atoms with van der Waals surface area (Å²) in [6.45, 7) is 0.138. The van der Waals surface area contributed by atoms with Crippen molar-refractivity contribution in [2.24, 2.45) is 0 Å². The lowest BCUT2D eigenvalue weighted by Crippen LogP contribution is -2.32. The summed E-state index contributed by atoms with van der Waals surface area (Å²) in [5, 5.41) is 14.2. The monoisotopic (exact) mass is 465 g/mol. The smallest absolute Gasteiger partial charge is 0.335 e. The van der Waals surface area contributed by atoms with Crippen molar-refractivity contribution in [2.75, 3.05) is 34.0 Å². The highest BCUT2D eigenvalue weighted by atomic mass is 16.7. The molecule has 178 valence electrons. The SMILES string of the molecule is COc1cc(/C=C/C(=O)NCCOCCC(=O)ON2C(=O)CCC2=O)c([N+](=O)[O-])cc1OC. The second-order valence-electron chi connectivity index (χ2n) is 6.56. The molecular weight excluding hydrogens is 442 g/mol. The van der Waals surface area contributed by atoms with Crippen molar-refractivity contribution in [2.45, 2.75) is 19.3 Å². The van der Waals surface area contributed by atoms with Gasteiger partial charge in [-0.05, 0) is 12.1 Å². The van der Waals surface area contributed by atoms with Crippen LogP contribution in [0.15, 0.2) is 18.2 Å². The molecule has 1 aromatic rings. The number of rotatable bonds is 12. The van der Waals surface area contributed by atoms with Crippen LogP contribution in [0.5, 0.6) is 11.5 Å². The molecule has 0 aromatic heterocycles. The maximum absolute atomic E-state index is 11.9. The van der Waals surface area contributed by atoms with Gasteiger partial charge in [0, 0.05) is 25.5 Å². The number of amides is 3. The van der Waals surface area contributed by atoms with Crippen LogP contribution in [0.1, 0.15) is 24.8 Å². The molecule has 1 N–H and O–H groups in total. The minimum absolute atomic E-state index is 0.0100. The molecule has 0 atom stereocenters. The molecule has 0 bridgehead atoms. The van der Waals surface area contributed by atoms with Crippen LogP contribution in [0, 0.1) is 10.1 Å². The van der Waals surface area contributed by atoms with Crippen molar-refractivity contribution < 1.29 is 43.1 Å². The fraction of sp³-hybridized carbons (Fsp3) is 0.400. The molecule has 1 aliphatic rings. The normalized spacial score (nSPS) is 13.3. The molecule has 1 fully saturated rings. The van der Waals surface area contributed by atoms with E-state index in [1.54, 1.807) is 0 Å². The predicted molar refractivity (Wildman–Crippen MR) is 111 cm³/mol. The van der Waals surface area contributed by atoms with Crippen molar-refractivity contribution in [1.82, 2.24) is 10.4 Å². The lowest BCUT2D eigenvalue weighted by atomic mass is 10.1. The van der Waals surface area contributed by atoms with Crippen LogP contribution in [0.3, 0.4) is 0 Å². The van der Waals surface area contributed by atoms with E-state index in [1.807, 2.05) is 0 Å². The van der Waals surface area contributed by atoms with Gasteiger partial charge in [-0.15, -0.1) is 5.06 Å². The number of nitrogens with one attached hydrogen (secondary N) is 1. The van der Waals surface area contributed by atoms with Gasteiger partial charge in [-0.1, -0.05) is 0 Å². The number of hydrogen-bond acceptors (Lipinski definition) is 10. The number of nitro groups is 1. The van der Waals surface area contributed by atoms with E-state index in [0.717, 1.165) is 6.08 Å². The Labute approximate surface area is 188 Å². The second-order valence-corrected chi connectivity index (χ2v) is 6.56. The molecule has 0 aliphatic carbocycles. The van der Waals surface area contributed by atoms with Gasteiger partial charge in [0.15, 0.2) is 11.5 Å². The summed E-state index contributed by atoms with van der Waals surface area (Å²) in [4.78, 5) is 61.6. The minimum Gasteiger partial charge on any atom is -0.493 e. The lowest BCUT2D eigenvalue weighted by Gasteiger charge is -2.12. The summed E-state index contributed by atoms with van der Waals surface area (Å²) < 4.78 is 15.4. The van der Waals surface area contributed by atoms with Crippen LogP contribution in [0.25, 0.3) is 6.08 Å². The van der Waals surface area contributed by atoms with E-state index < -0.39 is 28.6 Å². The van der Waals surface area contributed by atoms with E-state index in [0.29, 0.717) is 5.06 Å². The zero-order valence-corrected chi connectivity index (χ0v) is 18.0. The first kappa shape index (κ1) is 25.3. The Morgan fingerprint density at radius 1 is 1.12 bits per heavy atom. The average Bonchev–Trinajstić information content (AvgIpc) is 3.11. The van der Waals surface area contributed by atoms with Crippen LogP contribution >= 0.6 is 0 Å². The Kier molecular flexibility index (Phi) is 9.30. The zero-order valence-electron chi connectivity index (χ0n) is 18.0. The third-order valence-electron chi connectivity index (χ3n) is 4.34. The molecule has 0 spiro atoms. The summed E-state index contributed by atoms with van der Waals surface area (Å²) in [5.74, 6) is -1.99. The van der Waals surface area contributed by atoms with Crippen molar-refractivity contribution >= 4 is 35.5 Å². The number of nitro benzene ring substituents is 1. The maximum atomic E-state index is 11.9. The standard InChI is InChI=1S/C20H23N3O10/c1-30-15-11-13(14(23(28)29)12-16(15)31-2)3-4-17(24)21-8-10-32-9-7-20(27)33-22-18(25)5-6-19(22)26/h3-4,11-12H,5-10H2,1-2H3,(H,21,24)/b4-3+. The minimum atomic E-state index is -0.790. The van der Waals surface area contributed by atoms with Gasteiger partial charge < -0.3 is 24.4 Å². The van der Waals surface area contributed by atoms with Crippen LogP contribution < -0.4 is 14.8 Å². The molecule has 3 amide bonds. The maximum Gasteiger partial charge on any atom is 0.335 e. The third kappa shape index (κ3) is 7.28. The molecule has 13 nitrogen and oxygen atoms in total. The van der Waals surface area contributed by atoms with Crippen LogP contribution in [0.2, 0.25) is 0 Å². The first-order chi connectivity index (χ1) is 15.8. The fourth-order valence-corrected chi connectivity index (χ4v) is 2.71. The van der Waals surface area contributed by atoms with Crippen LogP contribution in [-0.2, 0) is 28.8 Å². The van der Waals surface area contributed by atoms with Crippen molar-refractivity contribution in [1.29, 1.82) is 0 Å². The van der Waals surface area contributed by atoms with Crippen LogP contribution in [-0.4, -0.2) is 67.7 Å². The summed E-state index contributed by atoms with van der Waals surface area (Å²) in [6.07, 6.45) is 2.23. The number of carbonyl (C=O) groups excluding carboxylic acids is 4. The number of imide groups is 1.